The fraction of sp³-hybridized carbons (Fsp3) is 0.444. The van der Waals surface area contributed by atoms with Crippen LogP contribution in [0.5, 0.6) is 0 Å². The second kappa shape index (κ2) is 5.34. The first-order valence-corrected chi connectivity index (χ1v) is 3.70. The summed E-state index contributed by atoms with van der Waals surface area (Å²) in [6.45, 7) is 0. The maximum atomic E-state index is 2.26. The Morgan fingerprint density at radius 1 is 0.909 bits per heavy atom. The molecule has 2 heteroatoms. The topological polar surface area (TPSA) is 0 Å². The summed E-state index contributed by atoms with van der Waals surface area (Å²) >= 11 is 0. The van der Waals surface area contributed by atoms with Crippen LogP contribution in [0.25, 0.3) is 0 Å². The van der Waals surface area contributed by atoms with Crippen molar-refractivity contribution in [1.82, 2.24) is 0 Å². The molecule has 51 valence electrons. The fourth-order valence-corrected chi connectivity index (χ4v) is 1.61. The molecule has 0 N–H and O–H groups in total. The molecule has 0 saturated carbocycles. The van der Waals surface area contributed by atoms with E-state index in [2.05, 4.69) is 18.6 Å². The molecule has 0 aromatic rings. The molecule has 0 atom stereocenters. The van der Waals surface area contributed by atoms with Gasteiger partial charge in [-0.3, -0.25) is 0 Å². The molecule has 11 heavy (non-hydrogen) atoms. The molecule has 2 aliphatic carbocycles. The zero-order valence-electron chi connectivity index (χ0n) is 5.56. The van der Waals surface area contributed by atoms with E-state index < -0.39 is 0 Å². The van der Waals surface area contributed by atoms with Gasteiger partial charge in [0.1, 0.15) is 0 Å². The van der Waals surface area contributed by atoms with Crippen molar-refractivity contribution >= 4 is 37.7 Å². The molecule has 0 unspecified atom stereocenters. The predicted molar refractivity (Wildman–Crippen MR) is 53.2 cm³/mol. The van der Waals surface area contributed by atoms with E-state index in [0.717, 1.165) is 0 Å². The van der Waals surface area contributed by atoms with Gasteiger partial charge in [-0.05, 0) is 31.3 Å². The quantitative estimate of drug-likeness (QED) is 0.439. The van der Waals surface area contributed by atoms with Crippen molar-refractivity contribution in [3.63, 3.8) is 0 Å². The van der Waals surface area contributed by atoms with Gasteiger partial charge in [0, 0.05) is 6.42 Å². The molecule has 0 nitrogen and oxygen atoms in total. The average molecular weight is 135 g/mol. The summed E-state index contributed by atoms with van der Waals surface area (Å²) in [5.74, 6) is 0. The van der Waals surface area contributed by atoms with Crippen LogP contribution in [-0.2, 0) is 0 Å². The van der Waals surface area contributed by atoms with E-state index in [1.54, 1.807) is 11.1 Å². The summed E-state index contributed by atoms with van der Waals surface area (Å²) in [5, 5.41) is 0. The van der Waals surface area contributed by atoms with Crippen molar-refractivity contribution in [2.75, 3.05) is 0 Å². The Hall–Kier alpha value is 0.675. The summed E-state index contributed by atoms with van der Waals surface area (Å²) in [5.41, 5.74) is 3.20. The zero-order valence-corrected chi connectivity index (χ0v) is 5.56. The molecule has 0 amide bonds. The molecule has 0 aliphatic heterocycles. The third-order valence-corrected chi connectivity index (χ3v) is 2.15. The Balaban J connectivity index is 0.000000500. The van der Waals surface area contributed by atoms with Crippen molar-refractivity contribution in [3.05, 3.63) is 29.7 Å². The normalized spacial score (nSPS) is 20.4. The van der Waals surface area contributed by atoms with Crippen LogP contribution in [-0.4, -0.2) is 37.7 Å². The SMILES string of the molecule is [CH]1C=CC2=C1CCCC2.[LiH].[LiH]. The molecule has 2 rings (SSSR count). The van der Waals surface area contributed by atoms with E-state index in [1.165, 1.54) is 25.7 Å². The van der Waals surface area contributed by atoms with Crippen LogP contribution in [0.1, 0.15) is 25.7 Å². The van der Waals surface area contributed by atoms with Crippen molar-refractivity contribution in [2.24, 2.45) is 0 Å². The standard InChI is InChI=1S/C9H11.2Li.2H/c1-2-5-9-7-3-6-8(9)4-1;;;;/h3,6-7H,1-2,4-5H2;;;;. The second-order valence-electron chi connectivity index (χ2n) is 2.78. The van der Waals surface area contributed by atoms with E-state index in [1.807, 2.05) is 0 Å². The molecule has 0 spiro atoms. The summed E-state index contributed by atoms with van der Waals surface area (Å²) < 4.78 is 0. The molecule has 0 aromatic heterocycles. The molecule has 0 aromatic carbocycles. The number of hydrogen-bond donors (Lipinski definition) is 0. The van der Waals surface area contributed by atoms with E-state index in [4.69, 9.17) is 0 Å². The van der Waals surface area contributed by atoms with Crippen LogP contribution in [0, 0.1) is 6.42 Å². The molecule has 1 radical (unpaired) electrons. The van der Waals surface area contributed by atoms with Crippen LogP contribution >= 0.6 is 0 Å². The molecule has 0 saturated heterocycles. The third kappa shape index (κ3) is 2.57. The molecule has 0 fully saturated rings. The van der Waals surface area contributed by atoms with Gasteiger partial charge in [-0.15, -0.1) is 0 Å². The van der Waals surface area contributed by atoms with Gasteiger partial charge in [0.15, 0.2) is 0 Å². The van der Waals surface area contributed by atoms with Crippen LogP contribution in [0.15, 0.2) is 23.3 Å². The number of rotatable bonds is 0. The van der Waals surface area contributed by atoms with Crippen LogP contribution in [0.3, 0.4) is 0 Å². The van der Waals surface area contributed by atoms with Gasteiger partial charge >= 0.3 is 37.7 Å². The van der Waals surface area contributed by atoms with Gasteiger partial charge < -0.3 is 0 Å². The van der Waals surface area contributed by atoms with Crippen molar-refractivity contribution < 1.29 is 0 Å². The van der Waals surface area contributed by atoms with Gasteiger partial charge in [-0.2, -0.15) is 0 Å². The van der Waals surface area contributed by atoms with Gasteiger partial charge in [0.2, 0.25) is 0 Å². The van der Waals surface area contributed by atoms with E-state index in [-0.39, 0.29) is 37.7 Å². The summed E-state index contributed by atoms with van der Waals surface area (Å²) in [6, 6.07) is 0. The summed E-state index contributed by atoms with van der Waals surface area (Å²) in [4.78, 5) is 0. The van der Waals surface area contributed by atoms with Crippen LogP contribution < -0.4 is 0 Å². The van der Waals surface area contributed by atoms with Gasteiger partial charge in [-0.1, -0.05) is 17.7 Å². The Kier molecular flexibility index (Phi) is 5.67. The minimum atomic E-state index is 0. The fourth-order valence-electron chi connectivity index (χ4n) is 1.61. The van der Waals surface area contributed by atoms with E-state index in [0.29, 0.717) is 0 Å². The summed E-state index contributed by atoms with van der Waals surface area (Å²) in [7, 11) is 0. The van der Waals surface area contributed by atoms with E-state index in [9.17, 15) is 0 Å². The zero-order chi connectivity index (χ0) is 6.10. The Morgan fingerprint density at radius 3 is 2.18 bits per heavy atom. The number of hydrogen-bond acceptors (Lipinski definition) is 0. The van der Waals surface area contributed by atoms with E-state index >= 15 is 0 Å². The molecule has 2 aliphatic rings. The second-order valence-corrected chi connectivity index (χ2v) is 2.78. The first-order chi connectivity index (χ1) is 4.47. The first-order valence-electron chi connectivity index (χ1n) is 3.70. The molecular formula is C9H13Li2. The Labute approximate surface area is 92.9 Å². The van der Waals surface area contributed by atoms with Gasteiger partial charge in [0.05, 0.1) is 0 Å². The molecule has 0 heterocycles. The molecule has 0 bridgehead atoms. The monoisotopic (exact) mass is 135 g/mol. The average Bonchev–Trinajstić information content (AvgIpc) is 2.33. The Bertz CT molecular complexity index is 180. The first kappa shape index (κ1) is 11.7. The van der Waals surface area contributed by atoms with Crippen LogP contribution in [0.4, 0.5) is 0 Å². The minimum absolute atomic E-state index is 0. The van der Waals surface area contributed by atoms with Crippen molar-refractivity contribution in [2.45, 2.75) is 25.7 Å². The van der Waals surface area contributed by atoms with Crippen LogP contribution in [0.2, 0.25) is 0 Å². The van der Waals surface area contributed by atoms with Gasteiger partial charge in [-0.25, -0.2) is 0 Å². The number of allylic oxidation sites excluding steroid dienone is 4. The summed E-state index contributed by atoms with van der Waals surface area (Å²) in [6.07, 6.45) is 12.1. The Morgan fingerprint density at radius 2 is 1.55 bits per heavy atom. The maximum absolute atomic E-state index is 2.26. The molecular weight excluding hydrogens is 122 g/mol. The van der Waals surface area contributed by atoms with Crippen molar-refractivity contribution in [3.8, 4) is 0 Å². The third-order valence-electron chi connectivity index (χ3n) is 2.15. The predicted octanol–water partition coefficient (Wildman–Crippen LogP) is 1.33. The van der Waals surface area contributed by atoms with Gasteiger partial charge in [0.25, 0.3) is 0 Å². The van der Waals surface area contributed by atoms with Crippen molar-refractivity contribution in [1.29, 1.82) is 0 Å².